The number of aryl methyl sites for hydroxylation is 2. The van der Waals surface area contributed by atoms with Gasteiger partial charge in [-0.2, -0.15) is 0 Å². The Kier molecular flexibility index (Phi) is 4.81. The second-order valence-corrected chi connectivity index (χ2v) is 7.56. The summed E-state index contributed by atoms with van der Waals surface area (Å²) in [6.45, 7) is 4.75. The lowest BCUT2D eigenvalue weighted by atomic mass is 9.96. The molecule has 3 aromatic carbocycles. The first-order valence-electron chi connectivity index (χ1n) is 9.70. The first-order valence-corrected chi connectivity index (χ1v) is 9.70. The number of para-hydroxylation sites is 1. The summed E-state index contributed by atoms with van der Waals surface area (Å²) in [5, 5.41) is 0. The van der Waals surface area contributed by atoms with Crippen LogP contribution in [0, 0.1) is 5.92 Å². The molecule has 0 radical (unpaired) electrons. The van der Waals surface area contributed by atoms with E-state index in [-0.39, 0.29) is 11.7 Å². The van der Waals surface area contributed by atoms with Crippen LogP contribution >= 0.6 is 0 Å². The molecule has 136 valence electrons. The molecule has 2 nitrogen and oxygen atoms in total. The zero-order valence-corrected chi connectivity index (χ0v) is 16.0. The van der Waals surface area contributed by atoms with Gasteiger partial charge in [0.15, 0.2) is 5.78 Å². The number of hydrogen-bond donors (Lipinski definition) is 0. The van der Waals surface area contributed by atoms with Gasteiger partial charge in [0.2, 0.25) is 0 Å². The van der Waals surface area contributed by atoms with Crippen molar-refractivity contribution >= 4 is 17.2 Å². The van der Waals surface area contributed by atoms with Crippen molar-refractivity contribution in [2.45, 2.75) is 33.2 Å². The molecule has 3 aromatic rings. The molecule has 0 atom stereocenters. The van der Waals surface area contributed by atoms with Crippen LogP contribution in [0.2, 0.25) is 0 Å². The number of carbonyl (C=O) groups is 1. The minimum Gasteiger partial charge on any atom is -0.337 e. The monoisotopic (exact) mass is 355 g/mol. The topological polar surface area (TPSA) is 20.3 Å². The van der Waals surface area contributed by atoms with E-state index in [1.807, 2.05) is 19.9 Å². The van der Waals surface area contributed by atoms with E-state index in [2.05, 4.69) is 71.6 Å². The van der Waals surface area contributed by atoms with Crippen LogP contribution in [0.4, 0.5) is 11.4 Å². The summed E-state index contributed by atoms with van der Waals surface area (Å²) in [5.41, 5.74) is 7.21. The van der Waals surface area contributed by atoms with E-state index < -0.39 is 0 Å². The van der Waals surface area contributed by atoms with Crippen LogP contribution in [0.5, 0.6) is 0 Å². The van der Waals surface area contributed by atoms with Gasteiger partial charge < -0.3 is 4.90 Å². The predicted octanol–water partition coefficient (Wildman–Crippen LogP) is 5.96. The molecule has 1 heterocycles. The van der Waals surface area contributed by atoms with Gasteiger partial charge in [0.25, 0.3) is 0 Å². The van der Waals surface area contributed by atoms with Crippen molar-refractivity contribution in [2.24, 2.45) is 5.92 Å². The molecule has 0 saturated heterocycles. The maximum absolute atomic E-state index is 12.5. The molecule has 0 amide bonds. The first kappa shape index (κ1) is 17.5. The highest BCUT2D eigenvalue weighted by atomic mass is 16.1. The SMILES string of the molecule is CC(C)C(=O)c1ccc2c(c1)CCc1ccccc1N2Cc1ccccc1. The Bertz CT molecular complexity index is 959. The quantitative estimate of drug-likeness (QED) is 0.538. The van der Waals surface area contributed by atoms with E-state index in [1.165, 1.54) is 28.1 Å². The van der Waals surface area contributed by atoms with Crippen molar-refractivity contribution in [2.75, 3.05) is 4.90 Å². The summed E-state index contributed by atoms with van der Waals surface area (Å²) in [4.78, 5) is 14.9. The van der Waals surface area contributed by atoms with Gasteiger partial charge in [-0.05, 0) is 53.8 Å². The fourth-order valence-electron chi connectivity index (χ4n) is 3.86. The summed E-state index contributed by atoms with van der Waals surface area (Å²) < 4.78 is 0. The fraction of sp³-hybridized carbons (Fsp3) is 0.240. The number of Topliss-reactive ketones (excluding diaryl/α,β-unsaturated/α-hetero) is 1. The molecule has 0 spiro atoms. The molecule has 0 N–H and O–H groups in total. The van der Waals surface area contributed by atoms with Crippen LogP contribution in [-0.2, 0) is 19.4 Å². The molecule has 2 heteroatoms. The van der Waals surface area contributed by atoms with Crippen molar-refractivity contribution in [1.29, 1.82) is 0 Å². The summed E-state index contributed by atoms with van der Waals surface area (Å²) in [5.74, 6) is 0.237. The first-order chi connectivity index (χ1) is 13.1. The average Bonchev–Trinajstić information content (AvgIpc) is 2.85. The number of carbonyl (C=O) groups excluding carboxylic acids is 1. The van der Waals surface area contributed by atoms with Crippen molar-refractivity contribution in [3.8, 4) is 0 Å². The molecule has 0 saturated carbocycles. The lowest BCUT2D eigenvalue weighted by molar-refractivity contribution is 0.0939. The van der Waals surface area contributed by atoms with Gasteiger partial charge in [-0.15, -0.1) is 0 Å². The highest BCUT2D eigenvalue weighted by Gasteiger charge is 2.22. The molecule has 0 aromatic heterocycles. The maximum atomic E-state index is 12.5. The second kappa shape index (κ2) is 7.40. The number of nitrogens with zero attached hydrogens (tertiary/aromatic N) is 1. The minimum atomic E-state index is 0.0199. The van der Waals surface area contributed by atoms with Gasteiger partial charge in [-0.25, -0.2) is 0 Å². The van der Waals surface area contributed by atoms with Crippen LogP contribution in [0.3, 0.4) is 0 Å². The van der Waals surface area contributed by atoms with Crippen molar-refractivity contribution in [3.63, 3.8) is 0 Å². The molecule has 1 aliphatic rings. The van der Waals surface area contributed by atoms with E-state index in [1.54, 1.807) is 0 Å². The van der Waals surface area contributed by atoms with Crippen LogP contribution in [-0.4, -0.2) is 5.78 Å². The Morgan fingerprint density at radius 2 is 1.52 bits per heavy atom. The third-order valence-corrected chi connectivity index (χ3v) is 5.31. The highest BCUT2D eigenvalue weighted by Crippen LogP contribution is 2.37. The predicted molar refractivity (Wildman–Crippen MR) is 112 cm³/mol. The van der Waals surface area contributed by atoms with Crippen LogP contribution in [0.15, 0.2) is 72.8 Å². The number of anilines is 2. The third kappa shape index (κ3) is 3.52. The molecule has 0 fully saturated rings. The smallest absolute Gasteiger partial charge is 0.165 e. The summed E-state index contributed by atoms with van der Waals surface area (Å²) in [7, 11) is 0. The second-order valence-electron chi connectivity index (χ2n) is 7.56. The summed E-state index contributed by atoms with van der Waals surface area (Å²) in [6, 6.07) is 25.5. The largest absolute Gasteiger partial charge is 0.337 e. The van der Waals surface area contributed by atoms with Gasteiger partial charge in [0.1, 0.15) is 0 Å². The lowest BCUT2D eigenvalue weighted by Gasteiger charge is -2.27. The molecule has 1 aliphatic heterocycles. The van der Waals surface area contributed by atoms with Crippen LogP contribution in [0.1, 0.15) is 40.9 Å². The van der Waals surface area contributed by atoms with Crippen LogP contribution < -0.4 is 4.90 Å². The zero-order chi connectivity index (χ0) is 18.8. The van der Waals surface area contributed by atoms with E-state index in [4.69, 9.17) is 0 Å². The number of fused-ring (bicyclic) bond motifs is 2. The normalized spacial score (nSPS) is 13.1. The summed E-state index contributed by atoms with van der Waals surface area (Å²) in [6.07, 6.45) is 1.95. The Morgan fingerprint density at radius 3 is 2.30 bits per heavy atom. The molecule has 4 rings (SSSR count). The minimum absolute atomic E-state index is 0.0199. The van der Waals surface area contributed by atoms with Crippen molar-refractivity contribution < 1.29 is 4.79 Å². The Morgan fingerprint density at radius 1 is 0.852 bits per heavy atom. The molecule has 27 heavy (non-hydrogen) atoms. The number of ketones is 1. The molecular weight excluding hydrogens is 330 g/mol. The van der Waals surface area contributed by atoms with Gasteiger partial charge in [-0.1, -0.05) is 62.4 Å². The Labute approximate surface area is 161 Å². The van der Waals surface area contributed by atoms with Gasteiger partial charge in [0, 0.05) is 29.4 Å². The summed E-state index contributed by atoms with van der Waals surface area (Å²) >= 11 is 0. The zero-order valence-electron chi connectivity index (χ0n) is 16.0. The van der Waals surface area contributed by atoms with E-state index in [9.17, 15) is 4.79 Å². The van der Waals surface area contributed by atoms with E-state index >= 15 is 0 Å². The van der Waals surface area contributed by atoms with E-state index in [0.717, 1.165) is 24.9 Å². The lowest BCUT2D eigenvalue weighted by Crippen LogP contribution is -2.18. The van der Waals surface area contributed by atoms with Crippen molar-refractivity contribution in [1.82, 2.24) is 0 Å². The molecule has 0 unspecified atom stereocenters. The molecular formula is C25H25NO. The van der Waals surface area contributed by atoms with Crippen molar-refractivity contribution in [3.05, 3.63) is 95.1 Å². The molecule has 0 aliphatic carbocycles. The van der Waals surface area contributed by atoms with Crippen LogP contribution in [0.25, 0.3) is 0 Å². The Hall–Kier alpha value is -2.87. The number of hydrogen-bond acceptors (Lipinski definition) is 2. The van der Waals surface area contributed by atoms with Gasteiger partial charge in [-0.3, -0.25) is 4.79 Å². The highest BCUT2D eigenvalue weighted by molar-refractivity contribution is 5.98. The van der Waals surface area contributed by atoms with Gasteiger partial charge in [0.05, 0.1) is 0 Å². The number of benzene rings is 3. The standard InChI is InChI=1S/C25H25NO/c1-18(2)25(27)22-14-15-24-21(16-22)13-12-20-10-6-7-11-23(20)26(24)17-19-8-4-3-5-9-19/h3-11,14-16,18H,12-13,17H2,1-2H3. The average molecular weight is 355 g/mol. The molecule has 0 bridgehead atoms. The third-order valence-electron chi connectivity index (χ3n) is 5.31. The van der Waals surface area contributed by atoms with Gasteiger partial charge >= 0.3 is 0 Å². The fourth-order valence-corrected chi connectivity index (χ4v) is 3.86. The maximum Gasteiger partial charge on any atom is 0.165 e. The number of rotatable bonds is 4. The van der Waals surface area contributed by atoms with E-state index in [0.29, 0.717) is 0 Å². The Balaban J connectivity index is 1.80.